The summed E-state index contributed by atoms with van der Waals surface area (Å²) in [5.74, 6) is 1.43. The summed E-state index contributed by atoms with van der Waals surface area (Å²) in [5.41, 5.74) is 1.99. The summed E-state index contributed by atoms with van der Waals surface area (Å²) in [5, 5.41) is 6.96. The number of amides is 2. The van der Waals surface area contributed by atoms with Crippen LogP contribution in [0.2, 0.25) is 5.02 Å². The molecule has 2 fully saturated rings. The molecule has 4 heterocycles. The minimum atomic E-state index is -0.250. The van der Waals surface area contributed by atoms with E-state index in [-0.39, 0.29) is 29.8 Å². The highest BCUT2D eigenvalue weighted by Crippen LogP contribution is 2.39. The number of fused-ring (bicyclic) bond motifs is 3. The lowest BCUT2D eigenvalue weighted by Crippen LogP contribution is -2.51. The van der Waals surface area contributed by atoms with E-state index in [1.54, 1.807) is 0 Å². The predicted molar refractivity (Wildman–Crippen MR) is 128 cm³/mol. The molecule has 3 unspecified atom stereocenters. The minimum Gasteiger partial charge on any atom is -0.349 e. The van der Waals surface area contributed by atoms with Crippen LogP contribution in [0, 0.1) is 0 Å². The van der Waals surface area contributed by atoms with Crippen molar-refractivity contribution >= 4 is 35.1 Å². The monoisotopic (exact) mass is 468 g/mol. The summed E-state index contributed by atoms with van der Waals surface area (Å²) in [4.78, 5) is 38.6. The van der Waals surface area contributed by atoms with E-state index >= 15 is 0 Å². The lowest BCUT2D eigenvalue weighted by molar-refractivity contribution is -0.133. The van der Waals surface area contributed by atoms with Crippen molar-refractivity contribution in [2.45, 2.75) is 57.2 Å². The first-order valence-corrected chi connectivity index (χ1v) is 12.0. The van der Waals surface area contributed by atoms with E-state index in [4.69, 9.17) is 11.6 Å². The van der Waals surface area contributed by atoms with Crippen LogP contribution in [0.1, 0.15) is 43.7 Å². The molecule has 3 aliphatic heterocycles. The van der Waals surface area contributed by atoms with Crippen molar-refractivity contribution in [3.63, 3.8) is 0 Å². The fourth-order valence-electron chi connectivity index (χ4n) is 5.21. The third-order valence-corrected chi connectivity index (χ3v) is 7.13. The number of benzene rings is 1. The summed E-state index contributed by atoms with van der Waals surface area (Å²) in [6, 6.07) is 8.27. The first-order chi connectivity index (χ1) is 15.9. The molecule has 33 heavy (non-hydrogen) atoms. The molecular weight excluding hydrogens is 440 g/mol. The van der Waals surface area contributed by atoms with Crippen LogP contribution in [0.4, 0.5) is 11.6 Å². The zero-order valence-electron chi connectivity index (χ0n) is 18.9. The molecule has 2 aromatic rings. The third-order valence-electron chi connectivity index (χ3n) is 6.88. The quantitative estimate of drug-likeness (QED) is 0.677. The number of hydrogen-bond acceptors (Lipinski definition) is 6. The Morgan fingerprint density at radius 3 is 2.67 bits per heavy atom. The molecule has 0 saturated carbocycles. The van der Waals surface area contributed by atoms with Gasteiger partial charge in [-0.25, -0.2) is 9.97 Å². The molecule has 0 spiro atoms. The standard InChI is InChI=1S/C24H29ClN6O2/c1-14(2)26-10-20(15-3-5-16(25)6-4-15)24(33)31-12-17-9-18(31)11-30(17)23-19-7-8-21(32)29-22(19)27-13-28-23/h3-6,13-14,17-18,20,26H,7-12H2,1-2H3,(H,27,28,29,32). The van der Waals surface area contributed by atoms with Crippen molar-refractivity contribution in [1.82, 2.24) is 20.2 Å². The summed E-state index contributed by atoms with van der Waals surface area (Å²) in [6.07, 6.45) is 3.55. The van der Waals surface area contributed by atoms with E-state index in [0.717, 1.165) is 29.9 Å². The Hall–Kier alpha value is -2.71. The van der Waals surface area contributed by atoms with Crippen LogP contribution in [-0.4, -0.2) is 64.4 Å². The lowest BCUT2D eigenvalue weighted by Gasteiger charge is -2.38. The van der Waals surface area contributed by atoms with Gasteiger partial charge in [0.1, 0.15) is 18.0 Å². The maximum absolute atomic E-state index is 13.7. The number of nitrogens with zero attached hydrogens (tertiary/aromatic N) is 4. The number of piperazine rings is 1. The van der Waals surface area contributed by atoms with Gasteiger partial charge >= 0.3 is 0 Å². The molecule has 8 nitrogen and oxygen atoms in total. The van der Waals surface area contributed by atoms with E-state index in [1.165, 1.54) is 6.33 Å². The number of anilines is 2. The van der Waals surface area contributed by atoms with E-state index in [0.29, 0.717) is 42.8 Å². The van der Waals surface area contributed by atoms with Crippen LogP contribution in [0.5, 0.6) is 0 Å². The topological polar surface area (TPSA) is 90.5 Å². The van der Waals surface area contributed by atoms with Gasteiger partial charge in [0.2, 0.25) is 11.8 Å². The Labute approximate surface area is 198 Å². The molecule has 0 aliphatic carbocycles. The fourth-order valence-corrected chi connectivity index (χ4v) is 5.34. The molecule has 1 aromatic carbocycles. The second-order valence-electron chi connectivity index (χ2n) is 9.43. The number of halogens is 1. The van der Waals surface area contributed by atoms with Gasteiger partial charge in [0.25, 0.3) is 0 Å². The number of hydrogen-bond donors (Lipinski definition) is 2. The summed E-state index contributed by atoms with van der Waals surface area (Å²) >= 11 is 6.08. The molecule has 9 heteroatoms. The molecule has 3 atom stereocenters. The van der Waals surface area contributed by atoms with Gasteiger partial charge in [0.15, 0.2) is 0 Å². The molecule has 174 valence electrons. The lowest BCUT2D eigenvalue weighted by atomic mass is 9.96. The van der Waals surface area contributed by atoms with Crippen LogP contribution >= 0.6 is 11.6 Å². The molecular formula is C24H29ClN6O2. The molecule has 2 saturated heterocycles. The zero-order valence-corrected chi connectivity index (χ0v) is 19.7. The maximum atomic E-state index is 13.7. The third kappa shape index (κ3) is 4.29. The highest BCUT2D eigenvalue weighted by atomic mass is 35.5. The van der Waals surface area contributed by atoms with Crippen molar-refractivity contribution in [3.05, 3.63) is 46.7 Å². The van der Waals surface area contributed by atoms with Crippen molar-refractivity contribution in [2.24, 2.45) is 0 Å². The number of aromatic nitrogens is 2. The van der Waals surface area contributed by atoms with Crippen molar-refractivity contribution in [1.29, 1.82) is 0 Å². The number of nitrogens with one attached hydrogen (secondary N) is 2. The number of rotatable bonds is 6. The minimum absolute atomic E-state index is 0.00453. The SMILES string of the molecule is CC(C)NCC(C(=O)N1CC2CC1CN2c1ncnc2c1CCC(=O)N2)c1ccc(Cl)cc1. The maximum Gasteiger partial charge on any atom is 0.231 e. The van der Waals surface area contributed by atoms with Gasteiger partial charge in [-0.15, -0.1) is 0 Å². The van der Waals surface area contributed by atoms with Gasteiger partial charge in [-0.1, -0.05) is 37.6 Å². The van der Waals surface area contributed by atoms with Gasteiger partial charge in [-0.3, -0.25) is 9.59 Å². The molecule has 1 aromatic heterocycles. The van der Waals surface area contributed by atoms with Crippen LogP contribution in [-0.2, 0) is 16.0 Å². The van der Waals surface area contributed by atoms with Gasteiger partial charge < -0.3 is 20.4 Å². The van der Waals surface area contributed by atoms with Crippen LogP contribution in [0.3, 0.4) is 0 Å². The molecule has 2 bridgehead atoms. The molecule has 3 aliphatic rings. The highest BCUT2D eigenvalue weighted by molar-refractivity contribution is 6.30. The normalized spacial score (nSPS) is 22.5. The Morgan fingerprint density at radius 2 is 1.97 bits per heavy atom. The Bertz CT molecular complexity index is 1060. The fraction of sp³-hybridized carbons (Fsp3) is 0.500. The largest absolute Gasteiger partial charge is 0.349 e. The van der Waals surface area contributed by atoms with Crippen LogP contribution < -0.4 is 15.5 Å². The van der Waals surface area contributed by atoms with E-state index < -0.39 is 0 Å². The van der Waals surface area contributed by atoms with E-state index in [2.05, 4.69) is 44.2 Å². The van der Waals surface area contributed by atoms with Crippen LogP contribution in [0.25, 0.3) is 0 Å². The zero-order chi connectivity index (χ0) is 23.1. The second kappa shape index (κ2) is 8.91. The average Bonchev–Trinajstić information content (AvgIpc) is 3.40. The summed E-state index contributed by atoms with van der Waals surface area (Å²) in [7, 11) is 0. The number of likely N-dealkylation sites (tertiary alicyclic amines) is 1. The first-order valence-electron chi connectivity index (χ1n) is 11.6. The van der Waals surface area contributed by atoms with Gasteiger partial charge in [0, 0.05) is 42.7 Å². The summed E-state index contributed by atoms with van der Waals surface area (Å²) < 4.78 is 0. The molecule has 2 N–H and O–H groups in total. The average molecular weight is 469 g/mol. The smallest absolute Gasteiger partial charge is 0.231 e. The Balaban J connectivity index is 1.34. The van der Waals surface area contributed by atoms with E-state index in [9.17, 15) is 9.59 Å². The number of carbonyl (C=O) groups excluding carboxylic acids is 2. The van der Waals surface area contributed by atoms with Crippen molar-refractivity contribution in [3.8, 4) is 0 Å². The van der Waals surface area contributed by atoms with Gasteiger partial charge in [0.05, 0.1) is 18.0 Å². The highest BCUT2D eigenvalue weighted by Gasteiger charge is 2.47. The first kappa shape index (κ1) is 22.1. The Kier molecular flexibility index (Phi) is 5.97. The summed E-state index contributed by atoms with van der Waals surface area (Å²) in [6.45, 7) is 6.20. The van der Waals surface area contributed by atoms with E-state index in [1.807, 2.05) is 24.3 Å². The predicted octanol–water partition coefficient (Wildman–Crippen LogP) is 2.59. The van der Waals surface area contributed by atoms with Gasteiger partial charge in [-0.2, -0.15) is 0 Å². The Morgan fingerprint density at radius 1 is 1.18 bits per heavy atom. The second-order valence-corrected chi connectivity index (χ2v) is 9.86. The van der Waals surface area contributed by atoms with Crippen molar-refractivity contribution < 1.29 is 9.59 Å². The molecule has 2 amide bonds. The number of carbonyl (C=O) groups is 2. The molecule has 5 rings (SSSR count). The van der Waals surface area contributed by atoms with Crippen LogP contribution in [0.15, 0.2) is 30.6 Å². The van der Waals surface area contributed by atoms with Gasteiger partial charge in [-0.05, 0) is 30.5 Å². The molecule has 0 radical (unpaired) electrons. The van der Waals surface area contributed by atoms with Crippen molar-refractivity contribution in [2.75, 3.05) is 29.9 Å².